The van der Waals surface area contributed by atoms with Gasteiger partial charge in [0.2, 0.25) is 0 Å². The molecule has 0 atom stereocenters. The molecule has 0 radical (unpaired) electrons. The number of rotatable bonds is 5. The summed E-state index contributed by atoms with van der Waals surface area (Å²) in [5.41, 5.74) is 0.335. The molecule has 2 nitrogen and oxygen atoms in total. The van der Waals surface area contributed by atoms with Crippen molar-refractivity contribution in [3.8, 4) is 5.75 Å². The van der Waals surface area contributed by atoms with Crippen LogP contribution >= 0.6 is 0 Å². The molecule has 86 valence electrons. The molecule has 0 unspecified atom stereocenters. The van der Waals surface area contributed by atoms with Crippen LogP contribution in [0.15, 0.2) is 36.9 Å². The zero-order valence-corrected chi connectivity index (χ0v) is 10.1. The van der Waals surface area contributed by atoms with Gasteiger partial charge in [-0.1, -0.05) is 13.5 Å². The minimum absolute atomic E-state index is 0.148. The first-order valence-electron chi connectivity index (χ1n) is 5.44. The Hall–Kier alpha value is -1.57. The molecule has 0 fully saturated rings. The molecule has 1 rings (SSSR count). The second kappa shape index (κ2) is 4.97. The maximum Gasteiger partial charge on any atom is 0.162 e. The standard InChI is InChI=1S/C14H18O2/c1-5-13(15)11-7-9-12(10-8-11)16-14(3,4)6-2/h6-10H,2,5H2,1,3-4H3. The first-order valence-corrected chi connectivity index (χ1v) is 5.44. The van der Waals surface area contributed by atoms with Crippen LogP contribution in [0.5, 0.6) is 5.75 Å². The van der Waals surface area contributed by atoms with Gasteiger partial charge < -0.3 is 4.74 Å². The second-order valence-electron chi connectivity index (χ2n) is 4.21. The van der Waals surface area contributed by atoms with Gasteiger partial charge in [0.15, 0.2) is 5.78 Å². The summed E-state index contributed by atoms with van der Waals surface area (Å²) in [6.07, 6.45) is 2.27. The zero-order chi connectivity index (χ0) is 12.2. The Morgan fingerprint density at radius 3 is 2.38 bits per heavy atom. The molecule has 0 saturated heterocycles. The first-order chi connectivity index (χ1) is 7.48. The van der Waals surface area contributed by atoms with Gasteiger partial charge in [-0.3, -0.25) is 4.79 Å². The molecule has 1 aromatic rings. The summed E-state index contributed by atoms with van der Waals surface area (Å²) in [6, 6.07) is 7.21. The normalized spacial score (nSPS) is 10.9. The summed E-state index contributed by atoms with van der Waals surface area (Å²) in [5, 5.41) is 0. The van der Waals surface area contributed by atoms with E-state index in [9.17, 15) is 4.79 Å². The lowest BCUT2D eigenvalue weighted by Crippen LogP contribution is -2.24. The van der Waals surface area contributed by atoms with Crippen molar-refractivity contribution in [2.45, 2.75) is 32.8 Å². The Morgan fingerprint density at radius 2 is 1.94 bits per heavy atom. The van der Waals surface area contributed by atoms with Gasteiger partial charge in [0.1, 0.15) is 11.4 Å². The molecule has 0 N–H and O–H groups in total. The number of ether oxygens (including phenoxy) is 1. The molecule has 0 aliphatic carbocycles. The fraction of sp³-hybridized carbons (Fsp3) is 0.357. The lowest BCUT2D eigenvalue weighted by Gasteiger charge is -2.22. The van der Waals surface area contributed by atoms with Crippen LogP contribution in [0.2, 0.25) is 0 Å². The van der Waals surface area contributed by atoms with Crippen molar-refractivity contribution in [1.29, 1.82) is 0 Å². The van der Waals surface area contributed by atoms with E-state index in [0.29, 0.717) is 6.42 Å². The van der Waals surface area contributed by atoms with Crippen LogP contribution in [0, 0.1) is 0 Å². The molecule has 0 aromatic heterocycles. The Balaban J connectivity index is 2.79. The maximum absolute atomic E-state index is 11.4. The highest BCUT2D eigenvalue weighted by atomic mass is 16.5. The van der Waals surface area contributed by atoms with E-state index >= 15 is 0 Å². The van der Waals surface area contributed by atoms with Crippen molar-refractivity contribution in [3.05, 3.63) is 42.5 Å². The average molecular weight is 218 g/mol. The Morgan fingerprint density at radius 1 is 1.38 bits per heavy atom. The van der Waals surface area contributed by atoms with Crippen molar-refractivity contribution in [1.82, 2.24) is 0 Å². The monoisotopic (exact) mass is 218 g/mol. The molecule has 0 heterocycles. The van der Waals surface area contributed by atoms with Gasteiger partial charge in [0.25, 0.3) is 0 Å². The van der Waals surface area contributed by atoms with Crippen molar-refractivity contribution in [2.75, 3.05) is 0 Å². The van der Waals surface area contributed by atoms with E-state index in [1.54, 1.807) is 18.2 Å². The number of hydrogen-bond donors (Lipinski definition) is 0. The maximum atomic E-state index is 11.4. The van der Waals surface area contributed by atoms with E-state index in [-0.39, 0.29) is 5.78 Å². The molecule has 16 heavy (non-hydrogen) atoms. The van der Waals surface area contributed by atoms with Crippen molar-refractivity contribution in [3.63, 3.8) is 0 Å². The summed E-state index contributed by atoms with van der Waals surface area (Å²) in [5.74, 6) is 0.895. The molecule has 0 spiro atoms. The molecule has 0 aliphatic heterocycles. The van der Waals surface area contributed by atoms with E-state index in [1.807, 2.05) is 32.9 Å². The lowest BCUT2D eigenvalue weighted by molar-refractivity contribution is 0.0988. The van der Waals surface area contributed by atoms with Gasteiger partial charge in [0, 0.05) is 12.0 Å². The zero-order valence-electron chi connectivity index (χ0n) is 10.1. The Bertz CT molecular complexity index is 374. The van der Waals surface area contributed by atoms with Gasteiger partial charge in [-0.2, -0.15) is 0 Å². The third-order valence-electron chi connectivity index (χ3n) is 2.37. The molecule has 0 saturated carbocycles. The predicted octanol–water partition coefficient (Wildman–Crippen LogP) is 3.62. The van der Waals surface area contributed by atoms with Crippen molar-refractivity contribution in [2.24, 2.45) is 0 Å². The van der Waals surface area contributed by atoms with Crippen LogP contribution < -0.4 is 4.74 Å². The topological polar surface area (TPSA) is 26.3 Å². The van der Waals surface area contributed by atoms with Gasteiger partial charge in [0.05, 0.1) is 0 Å². The number of ketones is 1. The van der Waals surface area contributed by atoms with Crippen LogP contribution in [0.4, 0.5) is 0 Å². The molecule has 0 bridgehead atoms. The SMILES string of the molecule is C=CC(C)(C)Oc1ccc(C(=O)CC)cc1. The Labute approximate surface area is 96.9 Å². The minimum atomic E-state index is -0.393. The number of hydrogen-bond acceptors (Lipinski definition) is 2. The number of benzene rings is 1. The van der Waals surface area contributed by atoms with Crippen LogP contribution in [-0.2, 0) is 0 Å². The molecular formula is C14H18O2. The Kier molecular flexibility index (Phi) is 3.88. The highest BCUT2D eigenvalue weighted by Gasteiger charge is 2.14. The quantitative estimate of drug-likeness (QED) is 0.557. The van der Waals surface area contributed by atoms with Crippen LogP contribution in [0.25, 0.3) is 0 Å². The van der Waals surface area contributed by atoms with Gasteiger partial charge in [-0.25, -0.2) is 0 Å². The smallest absolute Gasteiger partial charge is 0.162 e. The molecule has 0 amide bonds. The molecule has 1 aromatic carbocycles. The summed E-state index contributed by atoms with van der Waals surface area (Å²) in [7, 11) is 0. The highest BCUT2D eigenvalue weighted by Crippen LogP contribution is 2.20. The molecular weight excluding hydrogens is 200 g/mol. The summed E-state index contributed by atoms with van der Waals surface area (Å²) in [4.78, 5) is 11.4. The van der Waals surface area contributed by atoms with E-state index in [4.69, 9.17) is 4.74 Å². The van der Waals surface area contributed by atoms with Crippen LogP contribution in [-0.4, -0.2) is 11.4 Å². The van der Waals surface area contributed by atoms with Crippen molar-refractivity contribution >= 4 is 5.78 Å². The summed E-state index contributed by atoms with van der Waals surface area (Å²) in [6.45, 7) is 9.43. The van der Waals surface area contributed by atoms with Crippen LogP contribution in [0.1, 0.15) is 37.6 Å². The minimum Gasteiger partial charge on any atom is -0.484 e. The second-order valence-corrected chi connectivity index (χ2v) is 4.21. The molecule has 0 aliphatic rings. The van der Waals surface area contributed by atoms with Gasteiger partial charge >= 0.3 is 0 Å². The largest absolute Gasteiger partial charge is 0.484 e. The van der Waals surface area contributed by atoms with E-state index < -0.39 is 5.60 Å². The van der Waals surface area contributed by atoms with E-state index in [1.165, 1.54) is 0 Å². The predicted molar refractivity (Wildman–Crippen MR) is 66.0 cm³/mol. The number of Topliss-reactive ketones (excluding diaryl/α,β-unsaturated/α-hetero) is 1. The third kappa shape index (κ3) is 3.23. The lowest BCUT2D eigenvalue weighted by atomic mass is 10.1. The van der Waals surface area contributed by atoms with Crippen molar-refractivity contribution < 1.29 is 9.53 Å². The van der Waals surface area contributed by atoms with Gasteiger partial charge in [-0.05, 0) is 44.2 Å². The average Bonchev–Trinajstić information content (AvgIpc) is 2.28. The number of carbonyl (C=O) groups excluding carboxylic acids is 1. The van der Waals surface area contributed by atoms with Crippen LogP contribution in [0.3, 0.4) is 0 Å². The number of carbonyl (C=O) groups is 1. The first kappa shape index (κ1) is 12.5. The van der Waals surface area contributed by atoms with Gasteiger partial charge in [-0.15, -0.1) is 0 Å². The fourth-order valence-electron chi connectivity index (χ4n) is 1.26. The molecule has 2 heteroatoms. The fourth-order valence-corrected chi connectivity index (χ4v) is 1.26. The van der Waals surface area contributed by atoms with E-state index in [0.717, 1.165) is 11.3 Å². The third-order valence-corrected chi connectivity index (χ3v) is 2.37. The summed E-state index contributed by atoms with van der Waals surface area (Å²) < 4.78 is 5.69. The summed E-state index contributed by atoms with van der Waals surface area (Å²) >= 11 is 0. The highest BCUT2D eigenvalue weighted by molar-refractivity contribution is 5.95. The van der Waals surface area contributed by atoms with E-state index in [2.05, 4.69) is 6.58 Å².